The summed E-state index contributed by atoms with van der Waals surface area (Å²) in [7, 11) is 0. The zero-order chi connectivity index (χ0) is 22.0. The van der Waals surface area contributed by atoms with Crippen molar-refractivity contribution in [3.05, 3.63) is 29.3 Å². The smallest absolute Gasteiger partial charge is 0.255 e. The molecule has 168 valence electrons. The van der Waals surface area contributed by atoms with Crippen molar-refractivity contribution in [1.29, 1.82) is 0 Å². The third kappa shape index (κ3) is 4.61. The number of carbonyl (C=O) groups excluding carboxylic acids is 3. The summed E-state index contributed by atoms with van der Waals surface area (Å²) in [6.07, 6.45) is 8.49. The molecule has 31 heavy (non-hydrogen) atoms. The molecule has 2 aliphatic heterocycles. The maximum absolute atomic E-state index is 13.1. The summed E-state index contributed by atoms with van der Waals surface area (Å²) in [6, 6.07) is 5.91. The number of amides is 3. The first-order chi connectivity index (χ1) is 15.0. The molecule has 7 heteroatoms. The van der Waals surface area contributed by atoms with Crippen LogP contribution >= 0.6 is 0 Å². The number of fused-ring (bicyclic) bond motifs is 1. The minimum absolute atomic E-state index is 0.123. The molecule has 1 aromatic rings. The lowest BCUT2D eigenvalue weighted by molar-refractivity contribution is -0.136. The number of piperidine rings is 1. The van der Waals surface area contributed by atoms with Gasteiger partial charge in [-0.3, -0.25) is 19.7 Å². The first-order valence-corrected chi connectivity index (χ1v) is 11.8. The number of nitrogens with one attached hydrogen (secondary N) is 2. The zero-order valence-electron chi connectivity index (χ0n) is 18.4. The Balaban J connectivity index is 1.53. The number of nitrogens with two attached hydrogens (primary N) is 1. The Morgan fingerprint density at radius 1 is 1.16 bits per heavy atom. The van der Waals surface area contributed by atoms with Gasteiger partial charge in [-0.25, -0.2) is 0 Å². The molecule has 1 aliphatic carbocycles. The van der Waals surface area contributed by atoms with E-state index >= 15 is 0 Å². The molecule has 0 aromatic heterocycles. The van der Waals surface area contributed by atoms with Gasteiger partial charge in [0.05, 0.1) is 0 Å². The summed E-state index contributed by atoms with van der Waals surface area (Å²) in [5.74, 6) is -0.169. The van der Waals surface area contributed by atoms with E-state index < -0.39 is 6.04 Å². The number of unbranched alkanes of at least 4 members (excludes halogenated alkanes) is 1. The Morgan fingerprint density at radius 2 is 1.94 bits per heavy atom. The monoisotopic (exact) mass is 426 g/mol. The minimum Gasteiger partial charge on any atom is -0.382 e. The first kappa shape index (κ1) is 21.8. The zero-order valence-corrected chi connectivity index (χ0v) is 18.4. The fraction of sp³-hybridized carbons (Fsp3) is 0.625. The Bertz CT molecular complexity index is 847. The summed E-state index contributed by atoms with van der Waals surface area (Å²) >= 11 is 0. The van der Waals surface area contributed by atoms with Crippen LogP contribution in [0.1, 0.15) is 80.6 Å². The highest BCUT2D eigenvalue weighted by molar-refractivity contribution is 6.06. The van der Waals surface area contributed by atoms with E-state index in [1.165, 1.54) is 0 Å². The molecule has 0 bridgehead atoms. The van der Waals surface area contributed by atoms with Crippen LogP contribution in [-0.4, -0.2) is 40.7 Å². The lowest BCUT2D eigenvalue weighted by Gasteiger charge is -2.34. The van der Waals surface area contributed by atoms with Crippen LogP contribution in [0.15, 0.2) is 18.2 Å². The average Bonchev–Trinajstić information content (AvgIpc) is 3.09. The Morgan fingerprint density at radius 3 is 2.65 bits per heavy atom. The van der Waals surface area contributed by atoms with E-state index in [1.807, 2.05) is 18.2 Å². The van der Waals surface area contributed by atoms with Gasteiger partial charge in [0.1, 0.15) is 6.04 Å². The lowest BCUT2D eigenvalue weighted by atomic mass is 9.80. The van der Waals surface area contributed by atoms with Crippen molar-refractivity contribution in [1.82, 2.24) is 10.2 Å². The highest BCUT2D eigenvalue weighted by Gasteiger charge is 2.40. The molecule has 2 heterocycles. The highest BCUT2D eigenvalue weighted by atomic mass is 16.2. The van der Waals surface area contributed by atoms with Crippen molar-refractivity contribution in [2.45, 2.75) is 89.4 Å². The molecule has 1 saturated carbocycles. The number of imide groups is 1. The van der Waals surface area contributed by atoms with Crippen molar-refractivity contribution >= 4 is 23.4 Å². The predicted octanol–water partition coefficient (Wildman–Crippen LogP) is 2.94. The lowest BCUT2D eigenvalue weighted by Crippen LogP contribution is -2.52. The quantitative estimate of drug-likeness (QED) is 0.582. The van der Waals surface area contributed by atoms with E-state index in [1.54, 1.807) is 4.90 Å². The molecule has 0 spiro atoms. The van der Waals surface area contributed by atoms with Crippen LogP contribution in [0.4, 0.5) is 5.69 Å². The number of nitrogens with zero attached hydrogens (tertiary/aromatic N) is 1. The summed E-state index contributed by atoms with van der Waals surface area (Å²) in [6.45, 7) is 2.62. The number of carbonyl (C=O) groups is 3. The molecule has 2 fully saturated rings. The average molecular weight is 427 g/mol. The molecule has 7 nitrogen and oxygen atoms in total. The van der Waals surface area contributed by atoms with Gasteiger partial charge < -0.3 is 16.0 Å². The standard InChI is InChI=1S/C24H34N4O3/c1-2-3-6-19(15-8-10-16(25)11-9-15)26-20-7-4-5-17-18(20)14-28(24(17)31)21-12-13-22(29)27-23(21)30/h4-5,7,15-16,19,21,26H,2-3,6,8-14,25H2,1H3,(H,27,29,30)/t15?,16?,19-,21-/m1/s1. The molecular weight excluding hydrogens is 392 g/mol. The fourth-order valence-corrected chi connectivity index (χ4v) is 5.32. The van der Waals surface area contributed by atoms with Gasteiger partial charge in [0.25, 0.3) is 5.91 Å². The van der Waals surface area contributed by atoms with E-state index in [-0.39, 0.29) is 24.1 Å². The number of rotatable bonds is 7. The van der Waals surface area contributed by atoms with Crippen LogP contribution in [0.5, 0.6) is 0 Å². The molecule has 3 amide bonds. The number of hydrogen-bond donors (Lipinski definition) is 3. The van der Waals surface area contributed by atoms with Crippen molar-refractivity contribution in [2.24, 2.45) is 11.7 Å². The van der Waals surface area contributed by atoms with Gasteiger partial charge >= 0.3 is 0 Å². The van der Waals surface area contributed by atoms with E-state index in [0.29, 0.717) is 36.5 Å². The Kier molecular flexibility index (Phi) is 6.60. The van der Waals surface area contributed by atoms with Crippen molar-refractivity contribution in [3.8, 4) is 0 Å². The fourth-order valence-electron chi connectivity index (χ4n) is 5.32. The number of anilines is 1. The molecule has 1 saturated heterocycles. The van der Waals surface area contributed by atoms with Gasteiger partial charge in [-0.2, -0.15) is 0 Å². The third-order valence-electron chi connectivity index (χ3n) is 7.18. The SMILES string of the molecule is CCCC[C@@H](Nc1cccc2c1CN([C@@H]1CCC(=O)NC1=O)C2=O)C1CCC(N)CC1. The molecule has 0 radical (unpaired) electrons. The maximum Gasteiger partial charge on any atom is 0.255 e. The van der Waals surface area contributed by atoms with Crippen LogP contribution in [0.25, 0.3) is 0 Å². The van der Waals surface area contributed by atoms with Crippen LogP contribution < -0.4 is 16.4 Å². The normalized spacial score (nSPS) is 27.1. The molecule has 1 aromatic carbocycles. The van der Waals surface area contributed by atoms with E-state index in [2.05, 4.69) is 17.6 Å². The van der Waals surface area contributed by atoms with E-state index in [0.717, 1.165) is 56.2 Å². The second-order valence-electron chi connectivity index (χ2n) is 9.30. The second kappa shape index (κ2) is 9.39. The molecule has 0 unspecified atom stereocenters. The van der Waals surface area contributed by atoms with Gasteiger partial charge in [-0.15, -0.1) is 0 Å². The molecule has 2 atom stereocenters. The van der Waals surface area contributed by atoms with Gasteiger partial charge in [-0.05, 0) is 56.6 Å². The van der Waals surface area contributed by atoms with Crippen molar-refractivity contribution in [2.75, 3.05) is 5.32 Å². The third-order valence-corrected chi connectivity index (χ3v) is 7.18. The minimum atomic E-state index is -0.582. The second-order valence-corrected chi connectivity index (χ2v) is 9.30. The molecular formula is C24H34N4O3. The Hall–Kier alpha value is -2.41. The van der Waals surface area contributed by atoms with Crippen molar-refractivity contribution < 1.29 is 14.4 Å². The number of benzene rings is 1. The highest BCUT2D eigenvalue weighted by Crippen LogP contribution is 2.35. The van der Waals surface area contributed by atoms with Crippen LogP contribution in [0, 0.1) is 5.92 Å². The summed E-state index contributed by atoms with van der Waals surface area (Å²) in [5, 5.41) is 6.16. The molecule has 3 aliphatic rings. The number of hydrogen-bond acceptors (Lipinski definition) is 5. The van der Waals surface area contributed by atoms with Gasteiger partial charge in [0.15, 0.2) is 0 Å². The predicted molar refractivity (Wildman–Crippen MR) is 119 cm³/mol. The summed E-state index contributed by atoms with van der Waals surface area (Å²) in [4.78, 5) is 38.6. The summed E-state index contributed by atoms with van der Waals surface area (Å²) in [5.41, 5.74) is 8.75. The largest absolute Gasteiger partial charge is 0.382 e. The van der Waals surface area contributed by atoms with Gasteiger partial charge in [-0.1, -0.05) is 25.8 Å². The van der Waals surface area contributed by atoms with E-state index in [9.17, 15) is 14.4 Å². The topological polar surface area (TPSA) is 105 Å². The summed E-state index contributed by atoms with van der Waals surface area (Å²) < 4.78 is 0. The van der Waals surface area contributed by atoms with Crippen LogP contribution in [0.2, 0.25) is 0 Å². The van der Waals surface area contributed by atoms with Crippen molar-refractivity contribution in [3.63, 3.8) is 0 Å². The van der Waals surface area contributed by atoms with Gasteiger partial charge in [0.2, 0.25) is 11.8 Å². The maximum atomic E-state index is 13.1. The van der Waals surface area contributed by atoms with Gasteiger partial charge in [0, 0.05) is 41.9 Å². The molecule has 4 rings (SSSR count). The van der Waals surface area contributed by atoms with E-state index in [4.69, 9.17) is 5.73 Å². The molecule has 4 N–H and O–H groups in total. The van der Waals surface area contributed by atoms with Crippen LogP contribution in [0.3, 0.4) is 0 Å². The van der Waals surface area contributed by atoms with Crippen LogP contribution in [-0.2, 0) is 16.1 Å². The first-order valence-electron chi connectivity index (χ1n) is 11.8. The Labute approximate surface area is 184 Å².